The molecule has 1 heterocycles. The Labute approximate surface area is 163 Å². The quantitative estimate of drug-likeness (QED) is 0.401. The summed E-state index contributed by atoms with van der Waals surface area (Å²) in [5, 5.41) is 6.75. The highest BCUT2D eigenvalue weighted by atomic mass is 127. The van der Waals surface area contributed by atoms with E-state index in [1.54, 1.807) is 7.05 Å². The van der Waals surface area contributed by atoms with Crippen LogP contribution in [-0.2, 0) is 17.8 Å². The number of guanidine groups is 1. The molecule has 1 atom stereocenters. The Bertz CT molecular complexity index is 528. The molecule has 0 aliphatic carbocycles. The summed E-state index contributed by atoms with van der Waals surface area (Å²) in [6, 6.07) is 8.65. The molecule has 0 radical (unpaired) electrons. The molecule has 24 heavy (non-hydrogen) atoms. The van der Waals surface area contributed by atoms with E-state index in [4.69, 9.17) is 4.74 Å². The second-order valence-corrected chi connectivity index (χ2v) is 6.74. The average molecular weight is 446 g/mol. The highest BCUT2D eigenvalue weighted by molar-refractivity contribution is 14.0. The topological polar surface area (TPSA) is 48.9 Å². The van der Waals surface area contributed by atoms with Gasteiger partial charge in [-0.25, -0.2) is 0 Å². The Morgan fingerprint density at radius 2 is 2.04 bits per heavy atom. The minimum absolute atomic E-state index is 0. The lowest BCUT2D eigenvalue weighted by Gasteiger charge is -2.24. The van der Waals surface area contributed by atoms with E-state index in [-0.39, 0.29) is 29.6 Å². The maximum Gasteiger partial charge on any atom is 0.191 e. The van der Waals surface area contributed by atoms with Crippen LogP contribution in [0.5, 0.6) is 0 Å². The molecule has 0 amide bonds. The summed E-state index contributed by atoms with van der Waals surface area (Å²) in [6.07, 6.45) is 2.24. The molecule has 1 aliphatic heterocycles. The highest BCUT2D eigenvalue weighted by Crippen LogP contribution is 2.23. The first kappa shape index (κ1) is 21.2. The summed E-state index contributed by atoms with van der Waals surface area (Å²) in [4.78, 5) is 6.47. The third kappa shape index (κ3) is 6.94. The molecule has 1 aromatic carbocycles. The van der Waals surface area contributed by atoms with Gasteiger partial charge in [-0.2, -0.15) is 0 Å². The molecule has 5 nitrogen and oxygen atoms in total. The summed E-state index contributed by atoms with van der Waals surface area (Å²) in [6.45, 7) is 5.52. The second-order valence-electron chi connectivity index (χ2n) is 6.74. The van der Waals surface area contributed by atoms with Crippen molar-refractivity contribution in [3.63, 3.8) is 0 Å². The van der Waals surface area contributed by atoms with Crippen molar-refractivity contribution in [3.8, 4) is 0 Å². The number of rotatable bonds is 6. The molecule has 1 unspecified atom stereocenters. The van der Waals surface area contributed by atoms with Gasteiger partial charge < -0.3 is 20.3 Å². The number of aliphatic imine (C=N–C) groups is 1. The third-order valence-electron chi connectivity index (χ3n) is 4.10. The van der Waals surface area contributed by atoms with E-state index in [0.29, 0.717) is 0 Å². The SMILES string of the molecule is CN=C(NCc1cccc(CN(C)C)c1)NCC1(C)CCCO1.I. The fourth-order valence-corrected chi connectivity index (χ4v) is 2.86. The van der Waals surface area contributed by atoms with Gasteiger partial charge in [0.25, 0.3) is 0 Å². The van der Waals surface area contributed by atoms with Crippen molar-refractivity contribution in [2.75, 3.05) is 34.3 Å². The van der Waals surface area contributed by atoms with E-state index in [2.05, 4.69) is 65.8 Å². The molecule has 0 spiro atoms. The molecule has 0 saturated carbocycles. The first-order chi connectivity index (χ1) is 11.0. The van der Waals surface area contributed by atoms with Gasteiger partial charge in [-0.3, -0.25) is 4.99 Å². The molecule has 1 aliphatic rings. The minimum Gasteiger partial charge on any atom is -0.373 e. The maximum absolute atomic E-state index is 5.80. The predicted molar refractivity (Wildman–Crippen MR) is 111 cm³/mol. The van der Waals surface area contributed by atoms with Crippen LogP contribution in [0.4, 0.5) is 0 Å². The van der Waals surface area contributed by atoms with E-state index in [0.717, 1.165) is 45.0 Å². The summed E-state index contributed by atoms with van der Waals surface area (Å²) in [5.74, 6) is 0.819. The molecular weight excluding hydrogens is 415 g/mol. The zero-order valence-corrected chi connectivity index (χ0v) is 17.6. The van der Waals surface area contributed by atoms with Crippen LogP contribution < -0.4 is 10.6 Å². The van der Waals surface area contributed by atoms with Crippen LogP contribution in [0.1, 0.15) is 30.9 Å². The number of benzene rings is 1. The van der Waals surface area contributed by atoms with Gasteiger partial charge in [-0.1, -0.05) is 24.3 Å². The highest BCUT2D eigenvalue weighted by Gasteiger charge is 2.29. The van der Waals surface area contributed by atoms with E-state index in [1.807, 2.05) is 0 Å². The predicted octanol–water partition coefficient (Wildman–Crippen LogP) is 2.60. The first-order valence-corrected chi connectivity index (χ1v) is 8.32. The summed E-state index contributed by atoms with van der Waals surface area (Å²) in [7, 11) is 5.97. The van der Waals surface area contributed by atoms with Crippen molar-refractivity contribution < 1.29 is 4.74 Å². The van der Waals surface area contributed by atoms with Gasteiger partial charge >= 0.3 is 0 Å². The number of hydrogen-bond donors (Lipinski definition) is 2. The van der Waals surface area contributed by atoms with Crippen molar-refractivity contribution in [1.82, 2.24) is 15.5 Å². The van der Waals surface area contributed by atoms with Crippen LogP contribution in [-0.4, -0.2) is 50.8 Å². The largest absolute Gasteiger partial charge is 0.373 e. The van der Waals surface area contributed by atoms with Crippen LogP contribution in [0, 0.1) is 0 Å². The summed E-state index contributed by atoms with van der Waals surface area (Å²) in [5.41, 5.74) is 2.52. The molecule has 136 valence electrons. The van der Waals surface area contributed by atoms with Gasteiger partial charge in [-0.05, 0) is 45.0 Å². The zero-order chi connectivity index (χ0) is 16.7. The van der Waals surface area contributed by atoms with Crippen molar-refractivity contribution in [2.24, 2.45) is 4.99 Å². The van der Waals surface area contributed by atoms with E-state index in [9.17, 15) is 0 Å². The molecule has 1 saturated heterocycles. The number of nitrogens with zero attached hydrogens (tertiary/aromatic N) is 2. The lowest BCUT2D eigenvalue weighted by Crippen LogP contribution is -2.45. The van der Waals surface area contributed by atoms with Crippen molar-refractivity contribution in [1.29, 1.82) is 0 Å². The van der Waals surface area contributed by atoms with Gasteiger partial charge in [0.05, 0.1) is 5.60 Å². The molecule has 1 fully saturated rings. The normalized spacial score (nSPS) is 20.8. The van der Waals surface area contributed by atoms with Gasteiger partial charge in [0.1, 0.15) is 0 Å². The van der Waals surface area contributed by atoms with Gasteiger partial charge in [0.15, 0.2) is 5.96 Å². The fourth-order valence-electron chi connectivity index (χ4n) is 2.86. The Kier molecular flexibility index (Phi) is 9.01. The Balaban J connectivity index is 0.00000288. The van der Waals surface area contributed by atoms with E-state index in [1.165, 1.54) is 11.1 Å². The van der Waals surface area contributed by atoms with Crippen molar-refractivity contribution >= 4 is 29.9 Å². The van der Waals surface area contributed by atoms with Crippen molar-refractivity contribution in [2.45, 2.75) is 38.5 Å². The second kappa shape index (κ2) is 10.2. The molecule has 2 rings (SSSR count). The molecular formula is C18H31IN4O. The van der Waals surface area contributed by atoms with Gasteiger partial charge in [0.2, 0.25) is 0 Å². The van der Waals surface area contributed by atoms with Crippen LogP contribution in [0.25, 0.3) is 0 Å². The van der Waals surface area contributed by atoms with Crippen LogP contribution >= 0.6 is 24.0 Å². The Morgan fingerprint density at radius 3 is 2.67 bits per heavy atom. The smallest absolute Gasteiger partial charge is 0.191 e. The lowest BCUT2D eigenvalue weighted by atomic mass is 10.0. The van der Waals surface area contributed by atoms with E-state index >= 15 is 0 Å². The molecule has 6 heteroatoms. The summed E-state index contributed by atoms with van der Waals surface area (Å²) >= 11 is 0. The molecule has 0 aromatic heterocycles. The monoisotopic (exact) mass is 446 g/mol. The molecule has 0 bridgehead atoms. The zero-order valence-electron chi connectivity index (χ0n) is 15.3. The lowest BCUT2D eigenvalue weighted by molar-refractivity contribution is 0.0243. The molecule has 2 N–H and O–H groups in total. The third-order valence-corrected chi connectivity index (χ3v) is 4.10. The van der Waals surface area contributed by atoms with Gasteiger partial charge in [0, 0.05) is 33.3 Å². The Morgan fingerprint density at radius 1 is 1.29 bits per heavy atom. The van der Waals surface area contributed by atoms with Crippen molar-refractivity contribution in [3.05, 3.63) is 35.4 Å². The number of halogens is 1. The fraction of sp³-hybridized carbons (Fsp3) is 0.611. The summed E-state index contributed by atoms with van der Waals surface area (Å²) < 4.78 is 5.80. The molecule has 1 aromatic rings. The van der Waals surface area contributed by atoms with Crippen LogP contribution in [0.2, 0.25) is 0 Å². The first-order valence-electron chi connectivity index (χ1n) is 8.32. The number of nitrogens with one attached hydrogen (secondary N) is 2. The standard InChI is InChI=1S/C18H30N4O.HI/c1-18(9-6-10-23-18)14-21-17(19-2)20-12-15-7-5-8-16(11-15)13-22(3)4;/h5,7-8,11H,6,9-10,12-14H2,1-4H3,(H2,19,20,21);1H. The maximum atomic E-state index is 5.80. The van der Waals surface area contributed by atoms with E-state index < -0.39 is 0 Å². The number of ether oxygens (including phenoxy) is 1. The number of hydrogen-bond acceptors (Lipinski definition) is 3. The van der Waals surface area contributed by atoms with Crippen LogP contribution in [0.3, 0.4) is 0 Å². The van der Waals surface area contributed by atoms with Crippen LogP contribution in [0.15, 0.2) is 29.3 Å². The average Bonchev–Trinajstić information content (AvgIpc) is 2.94. The Hall–Kier alpha value is -0.860. The van der Waals surface area contributed by atoms with Gasteiger partial charge in [-0.15, -0.1) is 24.0 Å². The minimum atomic E-state index is -0.0662.